The van der Waals surface area contributed by atoms with Gasteiger partial charge in [0.2, 0.25) is 5.13 Å². The van der Waals surface area contributed by atoms with Gasteiger partial charge in [-0.05, 0) is 38.0 Å². The zero-order chi connectivity index (χ0) is 12.7. The molecule has 3 rings (SSSR count). The van der Waals surface area contributed by atoms with E-state index in [2.05, 4.69) is 36.9 Å². The summed E-state index contributed by atoms with van der Waals surface area (Å²) in [7, 11) is 0. The Kier molecular flexibility index (Phi) is 2.67. The van der Waals surface area contributed by atoms with E-state index < -0.39 is 0 Å². The smallest absolute Gasteiger partial charge is 0.211 e. The maximum Gasteiger partial charge on any atom is 0.211 e. The second kappa shape index (κ2) is 4.21. The first-order valence-electron chi connectivity index (χ1n) is 6.11. The van der Waals surface area contributed by atoms with E-state index in [-0.39, 0.29) is 0 Å². The van der Waals surface area contributed by atoms with Gasteiger partial charge >= 0.3 is 0 Å². The van der Waals surface area contributed by atoms with Crippen LogP contribution in [0.25, 0.3) is 15.3 Å². The number of rotatable bonds is 2. The Labute approximate surface area is 110 Å². The highest BCUT2D eigenvalue weighted by atomic mass is 32.1. The summed E-state index contributed by atoms with van der Waals surface area (Å²) in [4.78, 5) is 4.65. The topological polar surface area (TPSA) is 30.7 Å². The van der Waals surface area contributed by atoms with Gasteiger partial charge in [0, 0.05) is 5.69 Å². The lowest BCUT2D eigenvalue weighted by molar-refractivity contribution is 0.826. The summed E-state index contributed by atoms with van der Waals surface area (Å²) in [6.45, 7) is 6.35. The van der Waals surface area contributed by atoms with Crippen molar-refractivity contribution in [2.75, 3.05) is 0 Å². The van der Waals surface area contributed by atoms with Crippen LogP contribution in [0.2, 0.25) is 0 Å². The summed E-state index contributed by atoms with van der Waals surface area (Å²) >= 11 is 1.69. The third-order valence-electron chi connectivity index (χ3n) is 3.26. The average molecular weight is 257 g/mol. The van der Waals surface area contributed by atoms with Gasteiger partial charge in [-0.2, -0.15) is 5.10 Å². The molecule has 0 spiro atoms. The van der Waals surface area contributed by atoms with Crippen LogP contribution >= 0.6 is 11.3 Å². The molecule has 3 aromatic rings. The molecule has 92 valence electrons. The molecule has 3 nitrogen and oxygen atoms in total. The molecule has 0 saturated carbocycles. The standard InChI is InChI=1S/C14H15N3S/c1-4-11-9(2)16-17(10(11)3)14-15-12-7-5-6-8-13(12)18-14/h5-8H,4H2,1-3H3. The minimum atomic E-state index is 0.955. The van der Waals surface area contributed by atoms with Gasteiger partial charge in [0.25, 0.3) is 0 Å². The van der Waals surface area contributed by atoms with E-state index in [1.165, 1.54) is 16.0 Å². The van der Waals surface area contributed by atoms with Crippen LogP contribution in [-0.2, 0) is 6.42 Å². The zero-order valence-electron chi connectivity index (χ0n) is 10.8. The zero-order valence-corrected chi connectivity index (χ0v) is 11.6. The first-order chi connectivity index (χ1) is 8.70. The molecular formula is C14H15N3S. The number of aromatic nitrogens is 3. The lowest BCUT2D eigenvalue weighted by Crippen LogP contribution is -1.98. The molecular weight excluding hydrogens is 242 g/mol. The second-order valence-corrected chi connectivity index (χ2v) is 5.39. The number of thiazole rings is 1. The SMILES string of the molecule is CCc1c(C)nn(-c2nc3ccccc3s2)c1C. The Morgan fingerprint density at radius 2 is 2.00 bits per heavy atom. The number of benzene rings is 1. The van der Waals surface area contributed by atoms with E-state index in [0.29, 0.717) is 0 Å². The molecule has 1 aromatic carbocycles. The van der Waals surface area contributed by atoms with Crippen molar-refractivity contribution in [2.24, 2.45) is 0 Å². The van der Waals surface area contributed by atoms with Gasteiger partial charge in [-0.15, -0.1) is 0 Å². The number of fused-ring (bicyclic) bond motifs is 1. The van der Waals surface area contributed by atoms with E-state index in [1.807, 2.05) is 22.9 Å². The maximum absolute atomic E-state index is 4.65. The number of nitrogens with zero attached hydrogens (tertiary/aromatic N) is 3. The first kappa shape index (κ1) is 11.4. The summed E-state index contributed by atoms with van der Waals surface area (Å²) < 4.78 is 3.18. The Morgan fingerprint density at radius 1 is 1.22 bits per heavy atom. The molecule has 0 aliphatic rings. The van der Waals surface area contributed by atoms with Crippen molar-refractivity contribution >= 4 is 21.6 Å². The van der Waals surface area contributed by atoms with Crippen molar-refractivity contribution in [3.8, 4) is 5.13 Å². The highest BCUT2D eigenvalue weighted by molar-refractivity contribution is 7.20. The van der Waals surface area contributed by atoms with E-state index in [4.69, 9.17) is 0 Å². The normalized spacial score (nSPS) is 11.3. The van der Waals surface area contributed by atoms with Gasteiger partial charge in [-0.1, -0.05) is 30.4 Å². The van der Waals surface area contributed by atoms with Crippen LogP contribution < -0.4 is 0 Å². The van der Waals surface area contributed by atoms with Gasteiger partial charge in [0.1, 0.15) is 0 Å². The predicted molar refractivity (Wildman–Crippen MR) is 75.6 cm³/mol. The molecule has 0 fully saturated rings. The molecule has 0 aliphatic carbocycles. The molecule has 0 amide bonds. The molecule has 0 radical (unpaired) electrons. The summed E-state index contributed by atoms with van der Waals surface area (Å²) in [6, 6.07) is 8.21. The van der Waals surface area contributed by atoms with E-state index >= 15 is 0 Å². The van der Waals surface area contributed by atoms with Crippen LogP contribution in [0.4, 0.5) is 0 Å². The maximum atomic E-state index is 4.65. The monoisotopic (exact) mass is 257 g/mol. The van der Waals surface area contributed by atoms with Gasteiger partial charge in [-0.25, -0.2) is 9.67 Å². The minimum absolute atomic E-state index is 0.955. The van der Waals surface area contributed by atoms with Crippen molar-refractivity contribution in [3.05, 3.63) is 41.2 Å². The van der Waals surface area contributed by atoms with Gasteiger partial charge in [-0.3, -0.25) is 0 Å². The molecule has 0 atom stereocenters. The molecule has 0 unspecified atom stereocenters. The fourth-order valence-corrected chi connectivity index (χ4v) is 3.29. The van der Waals surface area contributed by atoms with Crippen LogP contribution in [0.1, 0.15) is 23.9 Å². The largest absolute Gasteiger partial charge is 0.218 e. The molecule has 2 aromatic heterocycles. The van der Waals surface area contributed by atoms with Crippen molar-refractivity contribution in [1.29, 1.82) is 0 Å². The first-order valence-corrected chi connectivity index (χ1v) is 6.93. The van der Waals surface area contributed by atoms with Crippen molar-refractivity contribution < 1.29 is 0 Å². The van der Waals surface area contributed by atoms with Crippen molar-refractivity contribution in [2.45, 2.75) is 27.2 Å². The molecule has 0 aliphatic heterocycles. The lowest BCUT2D eigenvalue weighted by Gasteiger charge is -1.99. The Hall–Kier alpha value is -1.68. The number of aryl methyl sites for hydroxylation is 1. The highest BCUT2D eigenvalue weighted by Gasteiger charge is 2.14. The molecule has 2 heterocycles. The minimum Gasteiger partial charge on any atom is -0.218 e. The fraction of sp³-hybridized carbons (Fsp3) is 0.286. The van der Waals surface area contributed by atoms with Crippen molar-refractivity contribution in [3.63, 3.8) is 0 Å². The summed E-state index contributed by atoms with van der Waals surface area (Å²) in [5.41, 5.74) is 4.68. The average Bonchev–Trinajstić information content (AvgIpc) is 2.90. The Bertz CT molecular complexity index is 676. The fourth-order valence-electron chi connectivity index (χ4n) is 2.32. The second-order valence-electron chi connectivity index (χ2n) is 4.38. The lowest BCUT2D eigenvalue weighted by atomic mass is 10.1. The quantitative estimate of drug-likeness (QED) is 0.701. The summed E-state index contributed by atoms with van der Waals surface area (Å²) in [6.07, 6.45) is 1.02. The van der Waals surface area contributed by atoms with Gasteiger partial charge < -0.3 is 0 Å². The van der Waals surface area contributed by atoms with Crippen LogP contribution in [0, 0.1) is 13.8 Å². The highest BCUT2D eigenvalue weighted by Crippen LogP contribution is 2.26. The molecule has 0 bridgehead atoms. The van der Waals surface area contributed by atoms with Crippen molar-refractivity contribution in [1.82, 2.24) is 14.8 Å². The Balaban J connectivity index is 2.20. The number of hydrogen-bond acceptors (Lipinski definition) is 3. The third-order valence-corrected chi connectivity index (χ3v) is 4.27. The van der Waals surface area contributed by atoms with E-state index in [0.717, 1.165) is 22.8 Å². The molecule has 0 saturated heterocycles. The van der Waals surface area contributed by atoms with Crippen LogP contribution in [0.15, 0.2) is 24.3 Å². The van der Waals surface area contributed by atoms with Crippen LogP contribution in [0.3, 0.4) is 0 Å². The number of para-hydroxylation sites is 1. The van der Waals surface area contributed by atoms with Crippen LogP contribution in [-0.4, -0.2) is 14.8 Å². The van der Waals surface area contributed by atoms with Gasteiger partial charge in [0.05, 0.1) is 15.9 Å². The van der Waals surface area contributed by atoms with Crippen LogP contribution in [0.5, 0.6) is 0 Å². The van der Waals surface area contributed by atoms with Gasteiger partial charge in [0.15, 0.2) is 0 Å². The third kappa shape index (κ3) is 1.64. The predicted octanol–water partition coefficient (Wildman–Crippen LogP) is 3.66. The van der Waals surface area contributed by atoms with E-state index in [9.17, 15) is 0 Å². The summed E-state index contributed by atoms with van der Waals surface area (Å²) in [5, 5.41) is 5.57. The molecule has 18 heavy (non-hydrogen) atoms. The Morgan fingerprint density at radius 3 is 2.67 bits per heavy atom. The molecule has 4 heteroatoms. The molecule has 0 N–H and O–H groups in total. The number of hydrogen-bond donors (Lipinski definition) is 0. The van der Waals surface area contributed by atoms with E-state index in [1.54, 1.807) is 11.3 Å². The summed E-state index contributed by atoms with van der Waals surface area (Å²) in [5.74, 6) is 0.